The van der Waals surface area contributed by atoms with Crippen molar-refractivity contribution in [3.8, 4) is 0 Å². The Morgan fingerprint density at radius 3 is 1.97 bits per heavy atom. The van der Waals surface area contributed by atoms with Crippen LogP contribution in [0.4, 0.5) is 4.39 Å². The van der Waals surface area contributed by atoms with Crippen LogP contribution in [0.15, 0.2) is 102 Å². The number of carbonyl (C=O) groups is 2. The van der Waals surface area contributed by atoms with Crippen LogP contribution in [0.5, 0.6) is 0 Å². The third-order valence-corrected chi connectivity index (χ3v) is 7.52. The van der Waals surface area contributed by atoms with Crippen molar-refractivity contribution >= 4 is 23.2 Å². The molecule has 0 unspecified atom stereocenters. The Morgan fingerprint density at radius 2 is 1.43 bits per heavy atom. The van der Waals surface area contributed by atoms with Gasteiger partial charge < -0.3 is 9.80 Å². The number of benzene rings is 3. The van der Waals surface area contributed by atoms with Gasteiger partial charge in [-0.2, -0.15) is 0 Å². The molecule has 0 radical (unpaired) electrons. The summed E-state index contributed by atoms with van der Waals surface area (Å²) < 4.78 is 13.5. The maximum atomic E-state index is 14.1. The van der Waals surface area contributed by atoms with Gasteiger partial charge in [0, 0.05) is 17.5 Å². The molecule has 0 N–H and O–H groups in total. The molecule has 5 rings (SSSR count). The maximum absolute atomic E-state index is 14.1. The molecule has 1 aliphatic carbocycles. The summed E-state index contributed by atoms with van der Waals surface area (Å²) in [5, 5.41) is 1.99. The van der Waals surface area contributed by atoms with Gasteiger partial charge in [0.1, 0.15) is 12.4 Å². The average Bonchev–Trinajstić information content (AvgIpc) is 3.64. The fourth-order valence-electron chi connectivity index (χ4n) is 4.59. The van der Waals surface area contributed by atoms with E-state index in [1.807, 2.05) is 78.2 Å². The zero-order valence-electron chi connectivity index (χ0n) is 20.5. The smallest absolute Gasteiger partial charge is 0.242 e. The van der Waals surface area contributed by atoms with Crippen molar-refractivity contribution in [1.82, 2.24) is 9.80 Å². The largest absolute Gasteiger partial charge is 0.332 e. The van der Waals surface area contributed by atoms with Crippen molar-refractivity contribution in [2.24, 2.45) is 0 Å². The fraction of sp³-hybridized carbons (Fsp3) is 0.226. The molecule has 1 aliphatic rings. The van der Waals surface area contributed by atoms with Gasteiger partial charge in [0.25, 0.3) is 0 Å². The average molecular weight is 513 g/mol. The first-order chi connectivity index (χ1) is 18.1. The number of carbonyl (C=O) groups excluding carboxylic acids is 2. The summed E-state index contributed by atoms with van der Waals surface area (Å²) in [4.78, 5) is 32.5. The van der Waals surface area contributed by atoms with E-state index in [1.165, 1.54) is 12.1 Å². The van der Waals surface area contributed by atoms with Gasteiger partial charge >= 0.3 is 0 Å². The fourth-order valence-corrected chi connectivity index (χ4v) is 5.31. The van der Waals surface area contributed by atoms with Gasteiger partial charge in [-0.15, -0.1) is 11.3 Å². The third kappa shape index (κ3) is 6.33. The van der Waals surface area contributed by atoms with E-state index in [1.54, 1.807) is 33.3 Å². The lowest BCUT2D eigenvalue weighted by molar-refractivity contribution is -0.142. The number of thiophene rings is 1. The molecule has 188 valence electrons. The van der Waals surface area contributed by atoms with E-state index in [4.69, 9.17) is 0 Å². The quantitative estimate of drug-likeness (QED) is 0.252. The Labute approximate surface area is 221 Å². The minimum Gasteiger partial charge on any atom is -0.332 e. The second kappa shape index (κ2) is 11.5. The molecular formula is C31H29FN2O2S. The molecule has 37 heavy (non-hydrogen) atoms. The summed E-state index contributed by atoms with van der Waals surface area (Å²) in [7, 11) is 0. The van der Waals surface area contributed by atoms with E-state index in [0.717, 1.165) is 34.4 Å². The molecule has 0 aliphatic heterocycles. The van der Waals surface area contributed by atoms with Gasteiger partial charge in [0.15, 0.2) is 0 Å². The predicted molar refractivity (Wildman–Crippen MR) is 144 cm³/mol. The predicted octanol–water partition coefficient (Wildman–Crippen LogP) is 6.24. The molecular weight excluding hydrogens is 483 g/mol. The van der Waals surface area contributed by atoms with Crippen molar-refractivity contribution in [1.29, 1.82) is 0 Å². The number of nitrogens with zero attached hydrogens (tertiary/aromatic N) is 2. The first kappa shape index (κ1) is 24.9. The van der Waals surface area contributed by atoms with Crippen LogP contribution in [0, 0.1) is 5.82 Å². The van der Waals surface area contributed by atoms with Crippen LogP contribution in [0.2, 0.25) is 0 Å². The van der Waals surface area contributed by atoms with Crippen molar-refractivity contribution in [3.05, 3.63) is 130 Å². The molecule has 1 heterocycles. The number of halogens is 1. The molecule has 3 aromatic carbocycles. The highest BCUT2D eigenvalue weighted by molar-refractivity contribution is 7.09. The van der Waals surface area contributed by atoms with Crippen molar-refractivity contribution < 1.29 is 14.0 Å². The van der Waals surface area contributed by atoms with Gasteiger partial charge in [0.2, 0.25) is 11.8 Å². The number of hydrogen-bond donors (Lipinski definition) is 0. The normalized spacial score (nSPS) is 12.9. The first-order valence-electron chi connectivity index (χ1n) is 12.5. The zero-order valence-corrected chi connectivity index (χ0v) is 21.3. The minimum atomic E-state index is -0.473. The lowest BCUT2D eigenvalue weighted by Crippen LogP contribution is -2.45. The topological polar surface area (TPSA) is 40.6 Å². The van der Waals surface area contributed by atoms with Gasteiger partial charge in [-0.1, -0.05) is 78.9 Å². The number of amides is 2. The van der Waals surface area contributed by atoms with Crippen LogP contribution < -0.4 is 0 Å². The Kier molecular flexibility index (Phi) is 7.76. The highest BCUT2D eigenvalue weighted by atomic mass is 32.1. The zero-order chi connectivity index (χ0) is 25.6. The summed E-state index contributed by atoms with van der Waals surface area (Å²) >= 11 is 1.59. The highest BCUT2D eigenvalue weighted by Crippen LogP contribution is 2.33. The molecule has 1 fully saturated rings. The van der Waals surface area contributed by atoms with Crippen LogP contribution in [-0.4, -0.2) is 34.2 Å². The second-order valence-electron chi connectivity index (χ2n) is 9.41. The molecule has 1 saturated carbocycles. The molecule has 4 aromatic rings. The Bertz CT molecular complexity index is 1270. The van der Waals surface area contributed by atoms with Crippen LogP contribution in [0.25, 0.3) is 0 Å². The molecule has 1 aromatic heterocycles. The molecule has 2 amide bonds. The van der Waals surface area contributed by atoms with Gasteiger partial charge in [0.05, 0.1) is 12.5 Å². The maximum Gasteiger partial charge on any atom is 0.242 e. The molecule has 6 heteroatoms. The highest BCUT2D eigenvalue weighted by Gasteiger charge is 2.38. The number of rotatable bonds is 10. The van der Waals surface area contributed by atoms with Crippen molar-refractivity contribution in [2.45, 2.75) is 37.9 Å². The molecule has 0 spiro atoms. The first-order valence-corrected chi connectivity index (χ1v) is 13.4. The Morgan fingerprint density at radius 1 is 0.811 bits per heavy atom. The summed E-state index contributed by atoms with van der Waals surface area (Å²) in [6.07, 6.45) is 1.80. The number of hydrogen-bond acceptors (Lipinski definition) is 3. The van der Waals surface area contributed by atoms with Crippen molar-refractivity contribution in [2.75, 3.05) is 6.54 Å². The summed E-state index contributed by atoms with van der Waals surface area (Å²) in [6, 6.07) is 29.8. The molecule has 4 nitrogen and oxygen atoms in total. The monoisotopic (exact) mass is 512 g/mol. The molecule has 0 atom stereocenters. The van der Waals surface area contributed by atoms with Crippen LogP contribution in [0.3, 0.4) is 0 Å². The van der Waals surface area contributed by atoms with Crippen LogP contribution in [0.1, 0.15) is 40.3 Å². The minimum absolute atomic E-state index is 0.0201. The van der Waals surface area contributed by atoms with E-state index in [-0.39, 0.29) is 30.2 Å². The third-order valence-electron chi connectivity index (χ3n) is 6.66. The molecule has 0 bridgehead atoms. The van der Waals surface area contributed by atoms with Gasteiger partial charge in [-0.25, -0.2) is 4.39 Å². The molecule has 0 saturated heterocycles. The summed E-state index contributed by atoms with van der Waals surface area (Å²) in [5.41, 5.74) is 2.68. The van der Waals surface area contributed by atoms with E-state index in [0.29, 0.717) is 13.1 Å². The Balaban J connectivity index is 1.41. The van der Waals surface area contributed by atoms with E-state index in [9.17, 15) is 14.0 Å². The van der Waals surface area contributed by atoms with Gasteiger partial charge in [-0.3, -0.25) is 9.59 Å². The summed E-state index contributed by atoms with van der Waals surface area (Å²) in [6.45, 7) is 0.818. The second-order valence-corrected chi connectivity index (χ2v) is 10.4. The SMILES string of the molecule is O=C(CN(C(=O)C(c1ccccc1)c1ccccc1)C1CC1)N(Cc1ccc(F)cc1)Cc1cccs1. The van der Waals surface area contributed by atoms with Gasteiger partial charge in [-0.05, 0) is 53.1 Å². The van der Waals surface area contributed by atoms with Crippen LogP contribution >= 0.6 is 11.3 Å². The Hall–Kier alpha value is -3.77. The van der Waals surface area contributed by atoms with E-state index < -0.39 is 5.92 Å². The van der Waals surface area contributed by atoms with Crippen LogP contribution in [-0.2, 0) is 22.7 Å². The summed E-state index contributed by atoms with van der Waals surface area (Å²) in [5.74, 6) is -0.944. The standard InChI is InChI=1S/C31H29FN2O2S/c32-26-15-13-23(14-16-26)20-33(21-28-12-7-19-37-28)29(35)22-34(27-17-18-27)31(36)30(24-8-3-1-4-9-24)25-10-5-2-6-11-25/h1-16,19,27,30H,17-18,20-22H2. The van der Waals surface area contributed by atoms with E-state index >= 15 is 0 Å². The van der Waals surface area contributed by atoms with Crippen molar-refractivity contribution in [3.63, 3.8) is 0 Å². The van der Waals surface area contributed by atoms with E-state index in [2.05, 4.69) is 0 Å². The lowest BCUT2D eigenvalue weighted by Gasteiger charge is -2.30. The lowest BCUT2D eigenvalue weighted by atomic mass is 9.90.